The second-order valence-corrected chi connectivity index (χ2v) is 4.83. The number of carbonyl (C=O) groups is 1. The molecule has 0 unspecified atom stereocenters. The third kappa shape index (κ3) is 5.01. The van der Waals surface area contributed by atoms with Gasteiger partial charge in [-0.05, 0) is 61.4 Å². The lowest BCUT2D eigenvalue weighted by Gasteiger charge is -2.07. The van der Waals surface area contributed by atoms with Crippen molar-refractivity contribution in [3.8, 4) is 17.6 Å². The van der Waals surface area contributed by atoms with E-state index in [0.717, 1.165) is 12.8 Å². The molecule has 0 aliphatic rings. The quantitative estimate of drug-likeness (QED) is 0.334. The number of unbranched alkanes of at least 4 members (excludes halogenated alkanes) is 1. The maximum Gasteiger partial charge on any atom is 0.343 e. The highest BCUT2D eigenvalue weighted by Crippen LogP contribution is 2.16. The number of hydrogen-bond donors (Lipinski definition) is 0. The first-order valence-electron chi connectivity index (χ1n) is 7.29. The normalized spacial score (nSPS) is 9.70. The van der Waals surface area contributed by atoms with E-state index < -0.39 is 5.97 Å². The number of nitrogens with zero attached hydrogens (tertiary/aromatic N) is 1. The Kier molecular flexibility index (Phi) is 5.96. The van der Waals surface area contributed by atoms with E-state index in [2.05, 4.69) is 6.58 Å². The van der Waals surface area contributed by atoms with E-state index in [-0.39, 0.29) is 0 Å². The van der Waals surface area contributed by atoms with Gasteiger partial charge in [0.25, 0.3) is 0 Å². The van der Waals surface area contributed by atoms with Crippen LogP contribution in [-0.4, -0.2) is 12.6 Å². The molecule has 0 aromatic heterocycles. The predicted molar refractivity (Wildman–Crippen MR) is 87.5 cm³/mol. The molecule has 0 saturated heterocycles. The van der Waals surface area contributed by atoms with Gasteiger partial charge in [-0.25, -0.2) is 4.79 Å². The van der Waals surface area contributed by atoms with Crippen molar-refractivity contribution in [1.82, 2.24) is 0 Å². The van der Waals surface area contributed by atoms with Crippen LogP contribution in [0.4, 0.5) is 0 Å². The fraction of sp³-hybridized carbons (Fsp3) is 0.158. The van der Waals surface area contributed by atoms with Crippen molar-refractivity contribution in [3.05, 3.63) is 72.3 Å². The summed E-state index contributed by atoms with van der Waals surface area (Å²) in [6, 6.07) is 15.2. The van der Waals surface area contributed by atoms with Gasteiger partial charge in [0.2, 0.25) is 0 Å². The van der Waals surface area contributed by atoms with Crippen LogP contribution in [0.5, 0.6) is 11.5 Å². The summed E-state index contributed by atoms with van der Waals surface area (Å²) in [5.74, 6) is 0.663. The molecule has 0 fully saturated rings. The minimum Gasteiger partial charge on any atom is -0.494 e. The molecule has 0 heterocycles. The smallest absolute Gasteiger partial charge is 0.343 e. The lowest BCUT2D eigenvalue weighted by atomic mass is 10.2. The SMILES string of the molecule is C=CCCCOc1ccc(C(=O)Oc2ccc(C#N)cc2)cc1. The van der Waals surface area contributed by atoms with E-state index in [4.69, 9.17) is 14.7 Å². The standard InChI is InChI=1S/C19H17NO3/c1-2-3-4-13-22-17-11-7-16(8-12-17)19(21)23-18-9-5-15(14-20)6-10-18/h2,5-12H,1,3-4,13H2. The van der Waals surface area contributed by atoms with E-state index in [0.29, 0.717) is 29.2 Å². The summed E-state index contributed by atoms with van der Waals surface area (Å²) in [4.78, 5) is 12.0. The van der Waals surface area contributed by atoms with Crippen molar-refractivity contribution in [2.45, 2.75) is 12.8 Å². The van der Waals surface area contributed by atoms with Crippen molar-refractivity contribution >= 4 is 5.97 Å². The number of ether oxygens (including phenoxy) is 2. The Bertz CT molecular complexity index is 697. The summed E-state index contributed by atoms with van der Waals surface area (Å²) in [5, 5.41) is 8.73. The molecule has 4 heteroatoms. The van der Waals surface area contributed by atoms with E-state index >= 15 is 0 Å². The van der Waals surface area contributed by atoms with Crippen LogP contribution < -0.4 is 9.47 Å². The summed E-state index contributed by atoms with van der Waals surface area (Å²) in [6.45, 7) is 4.27. The molecule has 4 nitrogen and oxygen atoms in total. The molecule has 0 spiro atoms. The number of nitriles is 1. The van der Waals surface area contributed by atoms with Gasteiger partial charge in [0.05, 0.1) is 23.8 Å². The number of rotatable bonds is 7. The van der Waals surface area contributed by atoms with Gasteiger partial charge in [0.1, 0.15) is 11.5 Å². The Morgan fingerprint density at radius 2 is 1.74 bits per heavy atom. The highest BCUT2D eigenvalue weighted by molar-refractivity contribution is 5.91. The van der Waals surface area contributed by atoms with Crippen molar-refractivity contribution < 1.29 is 14.3 Å². The van der Waals surface area contributed by atoms with E-state index in [1.165, 1.54) is 0 Å². The Morgan fingerprint density at radius 1 is 1.09 bits per heavy atom. The summed E-state index contributed by atoms with van der Waals surface area (Å²) in [5.41, 5.74) is 0.954. The van der Waals surface area contributed by atoms with Crippen LogP contribution in [0.2, 0.25) is 0 Å². The van der Waals surface area contributed by atoms with Gasteiger partial charge in [0.15, 0.2) is 0 Å². The highest BCUT2D eigenvalue weighted by Gasteiger charge is 2.08. The zero-order chi connectivity index (χ0) is 16.5. The van der Waals surface area contributed by atoms with E-state index in [1.807, 2.05) is 12.1 Å². The first kappa shape index (κ1) is 16.3. The van der Waals surface area contributed by atoms with Crippen LogP contribution >= 0.6 is 0 Å². The zero-order valence-corrected chi connectivity index (χ0v) is 12.7. The van der Waals surface area contributed by atoms with E-state index in [9.17, 15) is 4.79 Å². The van der Waals surface area contributed by atoms with Crippen molar-refractivity contribution in [2.75, 3.05) is 6.61 Å². The molecule has 116 valence electrons. The summed E-state index contributed by atoms with van der Waals surface area (Å²) < 4.78 is 10.8. The highest BCUT2D eigenvalue weighted by atomic mass is 16.5. The van der Waals surface area contributed by atoms with Crippen LogP contribution in [0.25, 0.3) is 0 Å². The third-order valence-electron chi connectivity index (χ3n) is 3.11. The fourth-order valence-electron chi connectivity index (χ4n) is 1.87. The molecule has 0 bridgehead atoms. The van der Waals surface area contributed by atoms with Crippen LogP contribution in [0.1, 0.15) is 28.8 Å². The van der Waals surface area contributed by atoms with Crippen molar-refractivity contribution in [2.24, 2.45) is 0 Å². The van der Waals surface area contributed by atoms with Crippen molar-refractivity contribution in [1.29, 1.82) is 5.26 Å². The predicted octanol–water partition coefficient (Wildman–Crippen LogP) is 4.12. The summed E-state index contributed by atoms with van der Waals surface area (Å²) in [7, 11) is 0. The van der Waals surface area contributed by atoms with Gasteiger partial charge in [-0.2, -0.15) is 5.26 Å². The molecule has 0 N–H and O–H groups in total. The van der Waals surface area contributed by atoms with E-state index in [1.54, 1.807) is 48.5 Å². The largest absolute Gasteiger partial charge is 0.494 e. The Balaban J connectivity index is 1.91. The lowest BCUT2D eigenvalue weighted by molar-refractivity contribution is 0.0734. The van der Waals surface area contributed by atoms with Gasteiger partial charge < -0.3 is 9.47 Å². The Morgan fingerprint density at radius 3 is 2.35 bits per heavy atom. The van der Waals surface area contributed by atoms with Gasteiger partial charge >= 0.3 is 5.97 Å². The lowest BCUT2D eigenvalue weighted by Crippen LogP contribution is -2.08. The molecule has 2 aromatic rings. The average molecular weight is 307 g/mol. The average Bonchev–Trinajstić information content (AvgIpc) is 2.60. The molecule has 0 amide bonds. The molecule has 0 saturated carbocycles. The first-order chi connectivity index (χ1) is 11.2. The molecule has 0 atom stereocenters. The molecule has 23 heavy (non-hydrogen) atoms. The van der Waals surface area contributed by atoms with Crippen molar-refractivity contribution in [3.63, 3.8) is 0 Å². The number of hydrogen-bond acceptors (Lipinski definition) is 4. The van der Waals surface area contributed by atoms with Crippen LogP contribution in [0.3, 0.4) is 0 Å². The van der Waals surface area contributed by atoms with Crippen LogP contribution in [0.15, 0.2) is 61.2 Å². The topological polar surface area (TPSA) is 59.3 Å². The van der Waals surface area contributed by atoms with Crippen LogP contribution in [-0.2, 0) is 0 Å². The fourth-order valence-corrected chi connectivity index (χ4v) is 1.87. The Labute approximate surface area is 135 Å². The monoisotopic (exact) mass is 307 g/mol. The third-order valence-corrected chi connectivity index (χ3v) is 3.11. The number of carbonyl (C=O) groups excluding carboxylic acids is 1. The second kappa shape index (κ2) is 8.40. The molecule has 2 aromatic carbocycles. The summed E-state index contributed by atoms with van der Waals surface area (Å²) >= 11 is 0. The van der Waals surface area contributed by atoms with Gasteiger partial charge in [-0.15, -0.1) is 6.58 Å². The number of benzene rings is 2. The first-order valence-corrected chi connectivity index (χ1v) is 7.29. The maximum absolute atomic E-state index is 12.0. The summed E-state index contributed by atoms with van der Waals surface area (Å²) in [6.07, 6.45) is 3.67. The molecule has 2 rings (SSSR count). The second-order valence-electron chi connectivity index (χ2n) is 4.83. The molecular weight excluding hydrogens is 290 g/mol. The molecule has 0 radical (unpaired) electrons. The number of esters is 1. The maximum atomic E-state index is 12.0. The molecular formula is C19H17NO3. The Hall–Kier alpha value is -3.06. The van der Waals surface area contributed by atoms with Gasteiger partial charge in [0, 0.05) is 0 Å². The molecule has 0 aliphatic carbocycles. The zero-order valence-electron chi connectivity index (χ0n) is 12.7. The van der Waals surface area contributed by atoms with Gasteiger partial charge in [-0.1, -0.05) is 6.08 Å². The minimum absolute atomic E-state index is 0.402. The van der Waals surface area contributed by atoms with Gasteiger partial charge in [-0.3, -0.25) is 0 Å². The minimum atomic E-state index is -0.451. The molecule has 0 aliphatic heterocycles. The number of allylic oxidation sites excluding steroid dienone is 1. The van der Waals surface area contributed by atoms with Crippen LogP contribution in [0, 0.1) is 11.3 Å².